The lowest BCUT2D eigenvalue weighted by atomic mass is 9.79. The highest BCUT2D eigenvalue weighted by molar-refractivity contribution is 6.62. The van der Waals surface area contributed by atoms with Crippen molar-refractivity contribution < 1.29 is 9.31 Å². The fourth-order valence-electron chi connectivity index (χ4n) is 1.79. The van der Waals surface area contributed by atoms with Crippen LogP contribution in [0.5, 0.6) is 0 Å². The van der Waals surface area contributed by atoms with E-state index < -0.39 is 0 Å². The summed E-state index contributed by atoms with van der Waals surface area (Å²) in [4.78, 5) is 0. The quantitative estimate of drug-likeness (QED) is 0.816. The normalized spacial score (nSPS) is 20.6. The van der Waals surface area contributed by atoms with Crippen LogP contribution in [0.2, 0.25) is 0 Å². The van der Waals surface area contributed by atoms with E-state index in [9.17, 15) is 0 Å². The van der Waals surface area contributed by atoms with Gasteiger partial charge in [-0.1, -0.05) is 31.7 Å². The molecule has 2 rings (SSSR count). The van der Waals surface area contributed by atoms with E-state index >= 15 is 0 Å². The molecule has 1 aliphatic rings. The summed E-state index contributed by atoms with van der Waals surface area (Å²) < 4.78 is 11.9. The van der Waals surface area contributed by atoms with E-state index in [-0.39, 0.29) is 25.7 Å². The summed E-state index contributed by atoms with van der Waals surface area (Å²) in [6.45, 7) is 8.79. The second-order valence-corrected chi connectivity index (χ2v) is 5.53. The van der Waals surface area contributed by atoms with Crippen LogP contribution in [0.3, 0.4) is 0 Å². The van der Waals surface area contributed by atoms with Crippen LogP contribution in [0.4, 0.5) is 0 Å². The van der Waals surface area contributed by atoms with Gasteiger partial charge in [0.15, 0.2) is 0 Å². The van der Waals surface area contributed by atoms with Gasteiger partial charge in [0.1, 0.15) is 0 Å². The van der Waals surface area contributed by atoms with Gasteiger partial charge in [0.05, 0.1) is 11.2 Å². The van der Waals surface area contributed by atoms with Gasteiger partial charge in [0, 0.05) is 6.54 Å². The van der Waals surface area contributed by atoms with Gasteiger partial charge in [-0.3, -0.25) is 0 Å². The van der Waals surface area contributed by atoms with Gasteiger partial charge in [0.25, 0.3) is 0 Å². The summed E-state index contributed by atoms with van der Waals surface area (Å²) in [5.41, 5.74) is 7.16. The van der Waals surface area contributed by atoms with Crippen LogP contribution in [-0.2, 0) is 15.9 Å². The fraction of sp³-hybridized carbons (Fsp3) is 0.571. The summed E-state index contributed by atoms with van der Waals surface area (Å²) in [5.74, 6) is 0. The summed E-state index contributed by atoms with van der Waals surface area (Å²) >= 11 is 0. The molecule has 100 valence electrons. The van der Waals surface area contributed by atoms with Crippen LogP contribution >= 0.6 is 0 Å². The monoisotopic (exact) mass is 249 g/mol. The Morgan fingerprint density at radius 1 is 1.00 bits per heavy atom. The molecule has 1 aromatic carbocycles. The molecule has 4 heteroatoms. The van der Waals surface area contributed by atoms with Gasteiger partial charge in [0.2, 0.25) is 0 Å². The Bertz CT molecular complexity index is 385. The highest BCUT2D eigenvalue weighted by Gasteiger charge is 2.51. The minimum atomic E-state index is -0.287. The van der Waals surface area contributed by atoms with Crippen molar-refractivity contribution in [3.8, 4) is 0 Å². The molecule has 1 heterocycles. The van der Waals surface area contributed by atoms with Crippen molar-refractivity contribution in [1.82, 2.24) is 0 Å². The average molecular weight is 249 g/mol. The zero-order valence-corrected chi connectivity index (χ0v) is 11.0. The van der Waals surface area contributed by atoms with Gasteiger partial charge >= 0.3 is 7.12 Å². The summed E-state index contributed by atoms with van der Waals surface area (Å²) in [6.07, 6.45) is 0. The molecule has 0 spiro atoms. The molecule has 1 aromatic rings. The molecule has 1 aliphatic heterocycles. The van der Waals surface area contributed by atoms with E-state index in [2.05, 4.69) is 27.7 Å². The Balaban J connectivity index is 0.00000162. The smallest absolute Gasteiger partial charge is 0.399 e. The molecule has 3 nitrogen and oxygen atoms in total. The zero-order chi connectivity index (χ0) is 12.7. The number of hydrogen-bond donors (Lipinski definition) is 1. The third-order valence-electron chi connectivity index (χ3n) is 3.74. The minimum Gasteiger partial charge on any atom is -0.399 e. The molecular weight excluding hydrogens is 225 g/mol. The maximum Gasteiger partial charge on any atom is 0.494 e. The third-order valence-corrected chi connectivity index (χ3v) is 3.74. The highest BCUT2D eigenvalue weighted by Crippen LogP contribution is 2.36. The number of nitrogens with two attached hydrogens (primary N) is 1. The van der Waals surface area contributed by atoms with Gasteiger partial charge < -0.3 is 15.0 Å². The molecule has 0 saturated carbocycles. The molecule has 1 fully saturated rings. The van der Waals surface area contributed by atoms with E-state index in [4.69, 9.17) is 15.0 Å². The van der Waals surface area contributed by atoms with Gasteiger partial charge in [-0.2, -0.15) is 0 Å². The minimum absolute atomic E-state index is 0. The van der Waals surface area contributed by atoms with Crippen molar-refractivity contribution in [2.45, 2.75) is 52.9 Å². The lowest BCUT2D eigenvalue weighted by Crippen LogP contribution is -2.41. The third kappa shape index (κ3) is 2.61. The van der Waals surface area contributed by atoms with Crippen molar-refractivity contribution in [3.05, 3.63) is 29.8 Å². The van der Waals surface area contributed by atoms with E-state index in [0.29, 0.717) is 6.54 Å². The second kappa shape index (κ2) is 5.04. The first-order valence-electron chi connectivity index (χ1n) is 6.00. The van der Waals surface area contributed by atoms with Crippen LogP contribution in [0.15, 0.2) is 24.3 Å². The molecule has 1 saturated heterocycles. The molecule has 0 atom stereocenters. The van der Waals surface area contributed by atoms with E-state index in [1.807, 2.05) is 24.3 Å². The summed E-state index contributed by atoms with van der Waals surface area (Å²) in [5, 5.41) is 0. The molecular formula is C14H24BNO2. The van der Waals surface area contributed by atoms with Crippen molar-refractivity contribution in [2.24, 2.45) is 5.73 Å². The zero-order valence-electron chi connectivity index (χ0n) is 11.0. The number of rotatable bonds is 2. The molecule has 0 aliphatic carbocycles. The van der Waals surface area contributed by atoms with Crippen LogP contribution < -0.4 is 11.2 Å². The van der Waals surface area contributed by atoms with Gasteiger partial charge in [-0.15, -0.1) is 0 Å². The van der Waals surface area contributed by atoms with Crippen LogP contribution in [0, 0.1) is 0 Å². The predicted molar refractivity (Wildman–Crippen MR) is 76.8 cm³/mol. The lowest BCUT2D eigenvalue weighted by Gasteiger charge is -2.32. The standard InChI is InChI=1S/C13H20BNO2.CH4/c1-12(2)13(3,4)17-14(16-12)11-7-5-10(9-15)6-8-11;/h5-8H,9,15H2,1-4H3;1H4. The maximum absolute atomic E-state index is 5.97. The fourth-order valence-corrected chi connectivity index (χ4v) is 1.79. The summed E-state index contributed by atoms with van der Waals surface area (Å²) in [6, 6.07) is 8.06. The van der Waals surface area contributed by atoms with Crippen molar-refractivity contribution >= 4 is 12.6 Å². The van der Waals surface area contributed by atoms with Crippen molar-refractivity contribution in [2.75, 3.05) is 0 Å². The molecule has 0 amide bonds. The second-order valence-electron chi connectivity index (χ2n) is 5.53. The molecule has 0 bridgehead atoms. The van der Waals surface area contributed by atoms with E-state index in [1.54, 1.807) is 0 Å². The molecule has 0 unspecified atom stereocenters. The largest absolute Gasteiger partial charge is 0.494 e. The Hall–Kier alpha value is -0.835. The molecule has 2 N–H and O–H groups in total. The number of benzene rings is 1. The summed E-state index contributed by atoms with van der Waals surface area (Å²) in [7, 11) is -0.285. The molecule has 0 radical (unpaired) electrons. The Morgan fingerprint density at radius 3 is 1.83 bits per heavy atom. The van der Waals surface area contributed by atoms with Crippen LogP contribution in [-0.4, -0.2) is 18.3 Å². The van der Waals surface area contributed by atoms with Crippen molar-refractivity contribution in [3.63, 3.8) is 0 Å². The number of hydrogen-bond acceptors (Lipinski definition) is 3. The van der Waals surface area contributed by atoms with Crippen LogP contribution in [0.1, 0.15) is 40.7 Å². The lowest BCUT2D eigenvalue weighted by molar-refractivity contribution is 0.00578. The van der Waals surface area contributed by atoms with Gasteiger partial charge in [-0.05, 0) is 38.7 Å². The van der Waals surface area contributed by atoms with E-state index in [1.165, 1.54) is 0 Å². The Labute approximate surface area is 111 Å². The predicted octanol–water partition coefficient (Wildman–Crippen LogP) is 2.08. The average Bonchev–Trinajstić information content (AvgIpc) is 2.48. The SMILES string of the molecule is C.CC1(C)OB(c2ccc(CN)cc2)OC1(C)C. The van der Waals surface area contributed by atoms with Crippen molar-refractivity contribution in [1.29, 1.82) is 0 Å². The van der Waals surface area contributed by atoms with E-state index in [0.717, 1.165) is 11.0 Å². The first-order chi connectivity index (χ1) is 7.86. The maximum atomic E-state index is 5.97. The topological polar surface area (TPSA) is 44.5 Å². The first kappa shape index (κ1) is 15.2. The first-order valence-corrected chi connectivity index (χ1v) is 6.00. The Morgan fingerprint density at radius 2 is 1.44 bits per heavy atom. The molecule has 18 heavy (non-hydrogen) atoms. The highest BCUT2D eigenvalue weighted by atomic mass is 16.7. The van der Waals surface area contributed by atoms with Gasteiger partial charge in [-0.25, -0.2) is 0 Å². The van der Waals surface area contributed by atoms with Crippen LogP contribution in [0.25, 0.3) is 0 Å². The molecule has 0 aromatic heterocycles. The Kier molecular flexibility index (Phi) is 4.26.